The molecule has 126 valence electrons. The molecule has 0 spiro atoms. The van der Waals surface area contributed by atoms with Gasteiger partial charge in [0.25, 0.3) is 0 Å². The number of amides is 1. The summed E-state index contributed by atoms with van der Waals surface area (Å²) in [5.74, 6) is 0.459. The number of nitrogens with one attached hydrogen (secondary N) is 1. The van der Waals surface area contributed by atoms with Crippen LogP contribution in [0.1, 0.15) is 44.3 Å². The Labute approximate surface area is 147 Å². The van der Waals surface area contributed by atoms with Gasteiger partial charge in [0, 0.05) is 11.6 Å². The van der Waals surface area contributed by atoms with Crippen molar-refractivity contribution in [3.63, 3.8) is 0 Å². The van der Waals surface area contributed by atoms with Crippen LogP contribution in [0.3, 0.4) is 0 Å². The van der Waals surface area contributed by atoms with Crippen molar-refractivity contribution in [2.75, 3.05) is 0 Å². The molecule has 1 amide bonds. The Morgan fingerprint density at radius 1 is 1.29 bits per heavy atom. The van der Waals surface area contributed by atoms with E-state index in [0.29, 0.717) is 5.92 Å². The molecule has 3 atom stereocenters. The lowest BCUT2D eigenvalue weighted by Gasteiger charge is -2.17. The highest BCUT2D eigenvalue weighted by Gasteiger charge is 2.60. The van der Waals surface area contributed by atoms with E-state index in [1.54, 1.807) is 17.5 Å². The third-order valence-corrected chi connectivity index (χ3v) is 5.66. The number of benzene rings is 1. The van der Waals surface area contributed by atoms with Gasteiger partial charge in [0.15, 0.2) is 0 Å². The standard InChI is InChI=1S/C20H24N2OS/c1-13(2)12-15-16(20(15,3)4)18(23)22-17(19-21-10-11-24-19)14-8-6-5-7-9-14/h5-12,15-17H,1-4H3,(H,22,23)/t15-,16+,17+/m1/s1. The van der Waals surface area contributed by atoms with E-state index in [-0.39, 0.29) is 23.3 Å². The summed E-state index contributed by atoms with van der Waals surface area (Å²) in [5, 5.41) is 6.11. The molecule has 3 rings (SSSR count). The number of aromatic nitrogens is 1. The van der Waals surface area contributed by atoms with Gasteiger partial charge in [-0.1, -0.05) is 55.8 Å². The van der Waals surface area contributed by atoms with E-state index >= 15 is 0 Å². The van der Waals surface area contributed by atoms with Crippen molar-refractivity contribution in [3.05, 3.63) is 64.1 Å². The van der Waals surface area contributed by atoms with Crippen molar-refractivity contribution in [3.8, 4) is 0 Å². The predicted octanol–water partition coefficient (Wildman–Crippen LogP) is 4.59. The van der Waals surface area contributed by atoms with Crippen molar-refractivity contribution in [1.82, 2.24) is 10.3 Å². The first-order chi connectivity index (χ1) is 11.4. The summed E-state index contributed by atoms with van der Waals surface area (Å²) >= 11 is 1.57. The smallest absolute Gasteiger partial charge is 0.225 e. The minimum Gasteiger partial charge on any atom is -0.342 e. The van der Waals surface area contributed by atoms with Crippen molar-refractivity contribution >= 4 is 17.2 Å². The highest BCUT2D eigenvalue weighted by atomic mass is 32.1. The molecule has 0 bridgehead atoms. The molecule has 1 N–H and O–H groups in total. The average Bonchev–Trinajstić information content (AvgIpc) is 2.93. The van der Waals surface area contributed by atoms with Gasteiger partial charge in [-0.05, 0) is 30.7 Å². The van der Waals surface area contributed by atoms with Gasteiger partial charge >= 0.3 is 0 Å². The minimum absolute atomic E-state index is 0.0193. The first-order valence-electron chi connectivity index (χ1n) is 8.31. The third-order valence-electron chi connectivity index (χ3n) is 4.82. The zero-order chi connectivity index (χ0) is 17.3. The normalized spacial score (nSPS) is 22.5. The van der Waals surface area contributed by atoms with E-state index in [1.807, 2.05) is 35.7 Å². The summed E-state index contributed by atoms with van der Waals surface area (Å²) in [7, 11) is 0. The van der Waals surface area contributed by atoms with Crippen molar-refractivity contribution in [1.29, 1.82) is 0 Å². The van der Waals surface area contributed by atoms with Crippen LogP contribution < -0.4 is 5.32 Å². The van der Waals surface area contributed by atoms with Crippen LogP contribution in [0.2, 0.25) is 0 Å². The molecule has 24 heavy (non-hydrogen) atoms. The Morgan fingerprint density at radius 3 is 2.58 bits per heavy atom. The fraction of sp³-hybridized carbons (Fsp3) is 0.400. The zero-order valence-corrected chi connectivity index (χ0v) is 15.4. The van der Waals surface area contributed by atoms with Crippen molar-refractivity contribution in [2.45, 2.75) is 33.7 Å². The summed E-state index contributed by atoms with van der Waals surface area (Å²) < 4.78 is 0. The fourth-order valence-electron chi connectivity index (χ4n) is 3.39. The highest BCUT2D eigenvalue weighted by Crippen LogP contribution is 2.59. The van der Waals surface area contributed by atoms with Gasteiger partial charge in [0.2, 0.25) is 5.91 Å². The van der Waals surface area contributed by atoms with Gasteiger partial charge in [0.05, 0.1) is 5.92 Å². The molecule has 1 aromatic heterocycles. The summed E-state index contributed by atoms with van der Waals surface area (Å²) in [5.41, 5.74) is 2.35. The van der Waals surface area contributed by atoms with Crippen LogP contribution in [-0.4, -0.2) is 10.9 Å². The van der Waals surface area contributed by atoms with Gasteiger partial charge in [-0.3, -0.25) is 4.79 Å². The first kappa shape index (κ1) is 16.9. The lowest BCUT2D eigenvalue weighted by Crippen LogP contribution is -2.31. The Morgan fingerprint density at radius 2 is 2.00 bits per heavy atom. The maximum absolute atomic E-state index is 12.9. The number of carbonyl (C=O) groups is 1. The maximum atomic E-state index is 12.9. The Kier molecular flexibility index (Phi) is 4.59. The van der Waals surface area contributed by atoms with Crippen LogP contribution in [0.5, 0.6) is 0 Å². The second-order valence-corrected chi connectivity index (χ2v) is 8.22. The summed E-state index contributed by atoms with van der Waals surface area (Å²) in [4.78, 5) is 17.3. The number of rotatable bonds is 5. The number of hydrogen-bond acceptors (Lipinski definition) is 3. The minimum atomic E-state index is -0.178. The largest absolute Gasteiger partial charge is 0.342 e. The van der Waals surface area contributed by atoms with Crippen LogP contribution in [0.15, 0.2) is 53.6 Å². The van der Waals surface area contributed by atoms with Gasteiger partial charge in [0.1, 0.15) is 11.0 Å². The predicted molar refractivity (Wildman–Crippen MR) is 98.7 cm³/mol. The molecule has 0 aliphatic heterocycles. The number of nitrogens with zero attached hydrogens (tertiary/aromatic N) is 1. The molecule has 3 nitrogen and oxygen atoms in total. The number of allylic oxidation sites excluding steroid dienone is 2. The third kappa shape index (κ3) is 3.29. The average molecular weight is 340 g/mol. The van der Waals surface area contributed by atoms with Crippen LogP contribution in [0.4, 0.5) is 0 Å². The van der Waals surface area contributed by atoms with Crippen LogP contribution in [0.25, 0.3) is 0 Å². The number of thiazole rings is 1. The molecule has 1 aliphatic rings. The summed E-state index contributed by atoms with van der Waals surface area (Å²) in [6.45, 7) is 8.52. The molecule has 1 heterocycles. The molecular formula is C20H24N2OS. The molecule has 0 radical (unpaired) electrons. The van der Waals surface area contributed by atoms with Crippen LogP contribution in [-0.2, 0) is 4.79 Å². The Bertz CT molecular complexity index is 730. The Balaban J connectivity index is 1.82. The monoisotopic (exact) mass is 340 g/mol. The number of carbonyl (C=O) groups excluding carboxylic acids is 1. The van der Waals surface area contributed by atoms with Gasteiger partial charge in [-0.2, -0.15) is 0 Å². The van der Waals surface area contributed by atoms with E-state index in [4.69, 9.17) is 0 Å². The Hall–Kier alpha value is -1.94. The van der Waals surface area contributed by atoms with Gasteiger partial charge in [-0.25, -0.2) is 4.98 Å². The fourth-order valence-corrected chi connectivity index (χ4v) is 4.10. The zero-order valence-electron chi connectivity index (χ0n) is 14.6. The van der Waals surface area contributed by atoms with Crippen molar-refractivity contribution in [2.24, 2.45) is 17.3 Å². The molecule has 1 aliphatic carbocycles. The quantitative estimate of drug-likeness (QED) is 0.809. The topological polar surface area (TPSA) is 42.0 Å². The lowest BCUT2D eigenvalue weighted by atomic mass is 10.1. The van der Waals surface area contributed by atoms with Crippen LogP contribution in [0, 0.1) is 17.3 Å². The molecular weight excluding hydrogens is 316 g/mol. The van der Waals surface area contributed by atoms with Gasteiger partial charge in [-0.15, -0.1) is 11.3 Å². The second-order valence-electron chi connectivity index (χ2n) is 7.29. The molecule has 1 fully saturated rings. The first-order valence-corrected chi connectivity index (χ1v) is 9.19. The van der Waals surface area contributed by atoms with E-state index in [0.717, 1.165) is 10.6 Å². The molecule has 1 saturated carbocycles. The van der Waals surface area contributed by atoms with Gasteiger partial charge < -0.3 is 5.32 Å². The van der Waals surface area contributed by atoms with E-state index < -0.39 is 0 Å². The van der Waals surface area contributed by atoms with Crippen LogP contribution >= 0.6 is 11.3 Å². The van der Waals surface area contributed by atoms with E-state index in [1.165, 1.54) is 5.57 Å². The molecule has 4 heteroatoms. The molecule has 0 unspecified atom stereocenters. The maximum Gasteiger partial charge on any atom is 0.225 e. The van der Waals surface area contributed by atoms with E-state index in [2.05, 4.69) is 44.1 Å². The molecule has 2 aromatic rings. The van der Waals surface area contributed by atoms with Crippen molar-refractivity contribution < 1.29 is 4.79 Å². The summed E-state index contributed by atoms with van der Waals surface area (Å²) in [6.07, 6.45) is 4.01. The second kappa shape index (κ2) is 6.52. The summed E-state index contributed by atoms with van der Waals surface area (Å²) in [6, 6.07) is 9.88. The molecule has 0 saturated heterocycles. The number of hydrogen-bond donors (Lipinski definition) is 1. The molecule has 1 aromatic carbocycles. The SMILES string of the molecule is CC(C)=C[C@@H]1[C@@H](C(=O)N[C@@H](c2ccccc2)c2nccs2)C1(C)C. The highest BCUT2D eigenvalue weighted by molar-refractivity contribution is 7.09. The lowest BCUT2D eigenvalue weighted by molar-refractivity contribution is -0.123. The van der Waals surface area contributed by atoms with E-state index in [9.17, 15) is 4.79 Å².